The van der Waals surface area contributed by atoms with E-state index in [-0.39, 0.29) is 11.6 Å². The van der Waals surface area contributed by atoms with Crippen LogP contribution in [0.25, 0.3) is 0 Å². The summed E-state index contributed by atoms with van der Waals surface area (Å²) in [6.45, 7) is 3.61. The minimum Gasteiger partial charge on any atom is -0.352 e. The smallest absolute Gasteiger partial charge is 0.251 e. The number of carbonyl (C=O) groups excluding carboxylic acids is 1. The summed E-state index contributed by atoms with van der Waals surface area (Å²) in [5.74, 6) is -1.37. The molecule has 0 unspecified atom stereocenters. The third-order valence-corrected chi connectivity index (χ3v) is 4.97. The molecule has 0 spiro atoms. The molecule has 1 amide bonds. The van der Waals surface area contributed by atoms with Gasteiger partial charge in [-0.25, -0.2) is 17.5 Å². The van der Waals surface area contributed by atoms with Crippen molar-refractivity contribution in [3.05, 3.63) is 59.7 Å². The summed E-state index contributed by atoms with van der Waals surface area (Å²) in [6, 6.07) is 6.57. The van der Waals surface area contributed by atoms with Gasteiger partial charge in [-0.3, -0.25) is 9.78 Å². The zero-order valence-electron chi connectivity index (χ0n) is 14.0. The summed E-state index contributed by atoms with van der Waals surface area (Å²) in [6.07, 6.45) is 3.95. The summed E-state index contributed by atoms with van der Waals surface area (Å²) in [7, 11) is -4.02. The number of rotatable bonds is 7. The zero-order chi connectivity index (χ0) is 18.4. The molecule has 25 heavy (non-hydrogen) atoms. The van der Waals surface area contributed by atoms with Gasteiger partial charge in [-0.1, -0.05) is 6.07 Å². The molecule has 6 nitrogen and oxygen atoms in total. The van der Waals surface area contributed by atoms with Gasteiger partial charge in [0.15, 0.2) is 0 Å². The van der Waals surface area contributed by atoms with Crippen LogP contribution in [0, 0.1) is 5.82 Å². The third kappa shape index (κ3) is 5.33. The van der Waals surface area contributed by atoms with Crippen molar-refractivity contribution < 1.29 is 17.6 Å². The summed E-state index contributed by atoms with van der Waals surface area (Å²) < 4.78 is 40.5. The lowest BCUT2D eigenvalue weighted by atomic mass is 10.2. The van der Waals surface area contributed by atoms with Gasteiger partial charge in [0.1, 0.15) is 10.7 Å². The molecule has 0 saturated carbocycles. The van der Waals surface area contributed by atoms with Gasteiger partial charge in [0.25, 0.3) is 5.91 Å². The molecule has 0 aliphatic carbocycles. The highest BCUT2D eigenvalue weighted by atomic mass is 32.2. The Balaban J connectivity index is 2.09. The van der Waals surface area contributed by atoms with Crippen LogP contribution in [0.4, 0.5) is 4.39 Å². The number of nitrogens with zero attached hydrogens (tertiary/aromatic N) is 1. The second-order valence-electron chi connectivity index (χ2n) is 5.79. The summed E-state index contributed by atoms with van der Waals surface area (Å²) >= 11 is 0. The van der Waals surface area contributed by atoms with E-state index in [0.717, 1.165) is 17.7 Å². The van der Waals surface area contributed by atoms with Crippen LogP contribution in [0.15, 0.2) is 47.6 Å². The lowest BCUT2D eigenvalue weighted by molar-refractivity contribution is 0.0954. The fourth-order valence-corrected chi connectivity index (χ4v) is 3.55. The Bertz CT molecular complexity index is 839. The van der Waals surface area contributed by atoms with Crippen LogP contribution >= 0.6 is 0 Å². The molecule has 1 heterocycles. The molecule has 8 heteroatoms. The number of aromatic nitrogens is 1. The number of hydrogen-bond acceptors (Lipinski definition) is 4. The molecule has 1 aromatic heterocycles. The van der Waals surface area contributed by atoms with E-state index in [1.807, 2.05) is 6.07 Å². The minimum atomic E-state index is -4.02. The van der Waals surface area contributed by atoms with Crippen LogP contribution in [0.5, 0.6) is 0 Å². The molecule has 1 aromatic carbocycles. The van der Waals surface area contributed by atoms with Crippen molar-refractivity contribution in [1.29, 1.82) is 0 Å². The van der Waals surface area contributed by atoms with Crippen molar-refractivity contribution in [3.63, 3.8) is 0 Å². The van der Waals surface area contributed by atoms with Gasteiger partial charge in [0.2, 0.25) is 10.0 Å². The first-order valence-electron chi connectivity index (χ1n) is 7.78. The van der Waals surface area contributed by atoms with E-state index in [9.17, 15) is 17.6 Å². The van der Waals surface area contributed by atoms with Crippen molar-refractivity contribution in [3.8, 4) is 0 Å². The fourth-order valence-electron chi connectivity index (χ4n) is 2.19. The number of pyridine rings is 1. The average Bonchev–Trinajstić information content (AvgIpc) is 2.54. The first-order valence-corrected chi connectivity index (χ1v) is 9.27. The van der Waals surface area contributed by atoms with E-state index in [1.165, 1.54) is 6.07 Å². The summed E-state index contributed by atoms with van der Waals surface area (Å²) in [5.41, 5.74) is 1.04. The Labute approximate surface area is 146 Å². The maximum absolute atomic E-state index is 13.9. The quantitative estimate of drug-likeness (QED) is 0.784. The fraction of sp³-hybridized carbons (Fsp3) is 0.294. The number of nitrogens with one attached hydrogen (secondary N) is 2. The van der Waals surface area contributed by atoms with Crippen molar-refractivity contribution >= 4 is 15.9 Å². The lowest BCUT2D eigenvalue weighted by Gasteiger charge is -2.12. The first-order chi connectivity index (χ1) is 11.8. The van der Waals surface area contributed by atoms with E-state index < -0.39 is 26.6 Å². The van der Waals surface area contributed by atoms with Gasteiger partial charge < -0.3 is 5.32 Å². The number of carbonyl (C=O) groups is 1. The van der Waals surface area contributed by atoms with Gasteiger partial charge >= 0.3 is 0 Å². The maximum atomic E-state index is 13.9. The number of hydrogen-bond donors (Lipinski definition) is 2. The number of halogens is 1. The molecule has 2 N–H and O–H groups in total. The Morgan fingerprint density at radius 1 is 1.28 bits per heavy atom. The molecule has 0 bridgehead atoms. The number of amides is 1. The summed E-state index contributed by atoms with van der Waals surface area (Å²) in [5, 5.41) is 2.68. The van der Waals surface area contributed by atoms with Crippen molar-refractivity contribution in [2.45, 2.75) is 31.2 Å². The van der Waals surface area contributed by atoms with Crippen LogP contribution < -0.4 is 10.0 Å². The second-order valence-corrected chi connectivity index (χ2v) is 7.47. The minimum absolute atomic E-state index is 0.0803. The predicted molar refractivity (Wildman–Crippen MR) is 92.1 cm³/mol. The van der Waals surface area contributed by atoms with Crippen molar-refractivity contribution in [2.75, 3.05) is 6.54 Å². The molecule has 2 rings (SSSR count). The highest BCUT2D eigenvalue weighted by molar-refractivity contribution is 7.89. The monoisotopic (exact) mass is 365 g/mol. The third-order valence-electron chi connectivity index (χ3n) is 3.30. The molecular formula is C17H20FN3O3S. The molecule has 0 saturated heterocycles. The molecule has 134 valence electrons. The predicted octanol–water partition coefficient (Wildman–Crippen LogP) is 1.88. The Kier molecular flexibility index (Phi) is 6.22. The normalized spacial score (nSPS) is 11.5. The molecular weight excluding hydrogens is 345 g/mol. The molecule has 0 atom stereocenters. The van der Waals surface area contributed by atoms with Gasteiger partial charge in [-0.05, 0) is 50.1 Å². The highest BCUT2D eigenvalue weighted by Crippen LogP contribution is 2.17. The zero-order valence-corrected chi connectivity index (χ0v) is 14.8. The molecule has 0 radical (unpaired) electrons. The van der Waals surface area contributed by atoms with E-state index in [4.69, 9.17) is 0 Å². The highest BCUT2D eigenvalue weighted by Gasteiger charge is 2.21. The van der Waals surface area contributed by atoms with E-state index in [2.05, 4.69) is 15.0 Å². The van der Waals surface area contributed by atoms with Crippen molar-refractivity contribution in [1.82, 2.24) is 15.0 Å². The van der Waals surface area contributed by atoms with Crippen molar-refractivity contribution in [2.24, 2.45) is 0 Å². The van der Waals surface area contributed by atoms with E-state index in [1.54, 1.807) is 32.3 Å². The molecule has 0 aliphatic heterocycles. The van der Waals surface area contributed by atoms with E-state index in [0.29, 0.717) is 13.0 Å². The summed E-state index contributed by atoms with van der Waals surface area (Å²) in [4.78, 5) is 15.6. The maximum Gasteiger partial charge on any atom is 0.251 e. The average molecular weight is 365 g/mol. The van der Waals surface area contributed by atoms with Crippen LogP contribution in [0.1, 0.15) is 29.8 Å². The number of sulfonamides is 1. The first kappa shape index (κ1) is 19.0. The molecule has 0 fully saturated rings. The Morgan fingerprint density at radius 2 is 2.04 bits per heavy atom. The molecule has 0 aliphatic rings. The second kappa shape index (κ2) is 8.17. The van der Waals surface area contributed by atoms with Gasteiger partial charge in [-0.2, -0.15) is 0 Å². The molecule has 2 aromatic rings. The standard InChI is InChI=1S/C17H20FN3O3S/c1-12(2)21-25(23,24)16-10-14(5-6-15(16)18)17(22)20-9-7-13-4-3-8-19-11-13/h3-6,8,10-12,21H,7,9H2,1-2H3,(H,20,22). The van der Waals surface area contributed by atoms with Crippen LogP contribution in [0.2, 0.25) is 0 Å². The lowest BCUT2D eigenvalue weighted by Crippen LogP contribution is -2.31. The topological polar surface area (TPSA) is 88.2 Å². The van der Waals surface area contributed by atoms with Gasteiger partial charge in [0.05, 0.1) is 0 Å². The largest absolute Gasteiger partial charge is 0.352 e. The Morgan fingerprint density at radius 3 is 2.68 bits per heavy atom. The van der Waals surface area contributed by atoms with Gasteiger partial charge in [-0.15, -0.1) is 0 Å². The van der Waals surface area contributed by atoms with Gasteiger partial charge in [0, 0.05) is 30.5 Å². The number of benzene rings is 1. The Hall–Kier alpha value is -2.32. The van der Waals surface area contributed by atoms with Crippen LogP contribution in [-0.2, 0) is 16.4 Å². The van der Waals surface area contributed by atoms with Crippen LogP contribution in [-0.4, -0.2) is 31.9 Å². The van der Waals surface area contributed by atoms with Crippen LogP contribution in [0.3, 0.4) is 0 Å². The van der Waals surface area contributed by atoms with E-state index >= 15 is 0 Å². The SMILES string of the molecule is CC(C)NS(=O)(=O)c1cc(C(=O)NCCc2cccnc2)ccc1F.